The van der Waals surface area contributed by atoms with Crippen LogP contribution in [0.1, 0.15) is 24.0 Å². The number of rotatable bonds is 4. The van der Waals surface area contributed by atoms with Gasteiger partial charge in [-0.15, -0.1) is 0 Å². The number of anilines is 1. The van der Waals surface area contributed by atoms with Gasteiger partial charge in [0, 0.05) is 56.2 Å². The van der Waals surface area contributed by atoms with Gasteiger partial charge in [0.2, 0.25) is 0 Å². The van der Waals surface area contributed by atoms with E-state index in [1.807, 2.05) is 12.4 Å². The van der Waals surface area contributed by atoms with Crippen molar-refractivity contribution in [1.29, 1.82) is 0 Å². The monoisotopic (exact) mass is 345 g/mol. The van der Waals surface area contributed by atoms with Gasteiger partial charge in [-0.05, 0) is 48.9 Å². The van der Waals surface area contributed by atoms with Crippen molar-refractivity contribution in [3.8, 4) is 0 Å². The summed E-state index contributed by atoms with van der Waals surface area (Å²) in [6, 6.07) is 18.4. The lowest BCUT2D eigenvalue weighted by Gasteiger charge is -2.38. The molecule has 0 bridgehead atoms. The maximum Gasteiger partial charge on any atom is 0.0372 e. The Morgan fingerprint density at radius 3 is 2.54 bits per heavy atom. The summed E-state index contributed by atoms with van der Waals surface area (Å²) in [6.45, 7) is 5.55. The van der Waals surface area contributed by atoms with Crippen LogP contribution in [-0.2, 0) is 6.54 Å². The quantitative estimate of drug-likeness (QED) is 0.686. The first kappa shape index (κ1) is 17.0. The van der Waals surface area contributed by atoms with Gasteiger partial charge >= 0.3 is 0 Å². The van der Waals surface area contributed by atoms with Gasteiger partial charge in [-0.2, -0.15) is 0 Å². The third kappa shape index (κ3) is 3.73. The molecule has 0 N–H and O–H groups in total. The molecule has 0 aliphatic carbocycles. The number of aryl methyl sites for hydroxylation is 1. The molecule has 2 aromatic carbocycles. The van der Waals surface area contributed by atoms with E-state index in [-0.39, 0.29) is 0 Å². The van der Waals surface area contributed by atoms with Crippen LogP contribution >= 0.6 is 0 Å². The van der Waals surface area contributed by atoms with Crippen molar-refractivity contribution >= 4 is 16.5 Å². The van der Waals surface area contributed by atoms with Crippen molar-refractivity contribution in [3.63, 3.8) is 0 Å². The Labute approximate surface area is 156 Å². The van der Waals surface area contributed by atoms with Crippen LogP contribution in [-0.4, -0.2) is 36.1 Å². The number of pyridine rings is 1. The normalized spacial score (nSPS) is 16.1. The molecule has 1 aromatic heterocycles. The van der Waals surface area contributed by atoms with E-state index in [1.54, 1.807) is 0 Å². The van der Waals surface area contributed by atoms with Crippen LogP contribution in [0.15, 0.2) is 60.9 Å². The zero-order valence-corrected chi connectivity index (χ0v) is 15.7. The molecule has 0 saturated carbocycles. The van der Waals surface area contributed by atoms with Gasteiger partial charge in [-0.25, -0.2) is 0 Å². The summed E-state index contributed by atoms with van der Waals surface area (Å²) in [5.74, 6) is 0. The van der Waals surface area contributed by atoms with Gasteiger partial charge in [0.1, 0.15) is 0 Å². The summed E-state index contributed by atoms with van der Waals surface area (Å²) in [5, 5.41) is 2.47. The van der Waals surface area contributed by atoms with Crippen molar-refractivity contribution in [1.82, 2.24) is 9.88 Å². The Balaban J connectivity index is 1.38. The van der Waals surface area contributed by atoms with E-state index in [1.165, 1.54) is 53.5 Å². The van der Waals surface area contributed by atoms with Crippen molar-refractivity contribution in [2.24, 2.45) is 0 Å². The summed E-state index contributed by atoms with van der Waals surface area (Å²) < 4.78 is 0. The van der Waals surface area contributed by atoms with E-state index in [0.29, 0.717) is 6.04 Å². The number of piperidine rings is 1. The van der Waals surface area contributed by atoms with E-state index in [4.69, 9.17) is 0 Å². The fourth-order valence-electron chi connectivity index (χ4n) is 3.92. The summed E-state index contributed by atoms with van der Waals surface area (Å²) in [4.78, 5) is 9.25. The third-order valence-corrected chi connectivity index (χ3v) is 5.66. The maximum atomic E-state index is 4.21. The Morgan fingerprint density at radius 2 is 1.77 bits per heavy atom. The van der Waals surface area contributed by atoms with Crippen molar-refractivity contribution < 1.29 is 0 Å². The molecule has 1 aliphatic heterocycles. The van der Waals surface area contributed by atoms with Gasteiger partial charge in [0.05, 0.1) is 0 Å². The highest BCUT2D eigenvalue weighted by Gasteiger charge is 2.22. The molecule has 3 nitrogen and oxygen atoms in total. The fraction of sp³-hybridized carbons (Fsp3) is 0.348. The predicted octanol–water partition coefficient (Wildman–Crippen LogP) is 4.64. The van der Waals surface area contributed by atoms with Crippen LogP contribution in [0, 0.1) is 6.92 Å². The largest absolute Gasteiger partial charge is 0.371 e. The zero-order valence-electron chi connectivity index (χ0n) is 15.7. The van der Waals surface area contributed by atoms with E-state index in [9.17, 15) is 0 Å². The van der Waals surface area contributed by atoms with E-state index >= 15 is 0 Å². The van der Waals surface area contributed by atoms with Crippen LogP contribution in [0.3, 0.4) is 0 Å². The maximum absolute atomic E-state index is 4.21. The number of likely N-dealkylation sites (tertiary alicyclic amines) is 1. The Kier molecular flexibility index (Phi) is 4.89. The minimum atomic E-state index is 0.614. The molecule has 134 valence electrons. The highest BCUT2D eigenvalue weighted by Crippen LogP contribution is 2.26. The Bertz CT molecular complexity index is 864. The molecule has 0 unspecified atom stereocenters. The van der Waals surface area contributed by atoms with Crippen LogP contribution in [0.4, 0.5) is 5.69 Å². The number of fused-ring (bicyclic) bond motifs is 1. The lowest BCUT2D eigenvalue weighted by atomic mass is 10.0. The summed E-state index contributed by atoms with van der Waals surface area (Å²) in [6.07, 6.45) is 6.24. The molecule has 1 saturated heterocycles. The average molecular weight is 345 g/mol. The molecule has 0 spiro atoms. The Morgan fingerprint density at radius 1 is 1.00 bits per heavy atom. The number of hydrogen-bond acceptors (Lipinski definition) is 3. The van der Waals surface area contributed by atoms with E-state index < -0.39 is 0 Å². The third-order valence-electron chi connectivity index (χ3n) is 5.66. The van der Waals surface area contributed by atoms with Gasteiger partial charge in [-0.3, -0.25) is 9.88 Å². The topological polar surface area (TPSA) is 19.4 Å². The van der Waals surface area contributed by atoms with Crippen LogP contribution in [0.2, 0.25) is 0 Å². The molecule has 1 aliphatic rings. The average Bonchev–Trinajstić information content (AvgIpc) is 2.69. The number of nitrogens with zero attached hydrogens (tertiary/aromatic N) is 3. The molecule has 3 heteroatoms. The molecule has 26 heavy (non-hydrogen) atoms. The van der Waals surface area contributed by atoms with Crippen molar-refractivity contribution in [2.45, 2.75) is 32.4 Å². The number of benzene rings is 2. The van der Waals surface area contributed by atoms with Crippen molar-refractivity contribution in [2.75, 3.05) is 25.0 Å². The van der Waals surface area contributed by atoms with Gasteiger partial charge in [0.15, 0.2) is 0 Å². The first-order valence-corrected chi connectivity index (χ1v) is 9.53. The second kappa shape index (κ2) is 7.46. The van der Waals surface area contributed by atoms with Crippen LogP contribution in [0.25, 0.3) is 10.8 Å². The highest BCUT2D eigenvalue weighted by molar-refractivity contribution is 5.85. The minimum Gasteiger partial charge on any atom is -0.371 e. The van der Waals surface area contributed by atoms with Crippen LogP contribution in [0.5, 0.6) is 0 Å². The number of hydrogen-bond donors (Lipinski definition) is 0. The van der Waals surface area contributed by atoms with Crippen LogP contribution < -0.4 is 4.90 Å². The van der Waals surface area contributed by atoms with E-state index in [0.717, 1.165) is 6.54 Å². The molecular formula is C23H27N3. The second-order valence-corrected chi connectivity index (χ2v) is 7.51. The minimum absolute atomic E-state index is 0.614. The molecule has 1 fully saturated rings. The smallest absolute Gasteiger partial charge is 0.0372 e. The zero-order chi connectivity index (χ0) is 17.9. The molecule has 0 atom stereocenters. The predicted molar refractivity (Wildman–Crippen MR) is 110 cm³/mol. The van der Waals surface area contributed by atoms with E-state index in [2.05, 4.69) is 77.3 Å². The molecule has 2 heterocycles. The van der Waals surface area contributed by atoms with Gasteiger partial charge < -0.3 is 4.90 Å². The standard InChI is InChI=1S/C23H27N3/c1-18-3-5-19(6-4-18)17-26-13-10-22(11-14-26)25(2)23-8-7-21-16-24-12-9-20(21)15-23/h3-9,12,15-16,22H,10-11,13-14,17H2,1-2H3. The highest BCUT2D eigenvalue weighted by atomic mass is 15.2. The second-order valence-electron chi connectivity index (χ2n) is 7.51. The van der Waals surface area contributed by atoms with Crippen molar-refractivity contribution in [3.05, 3.63) is 72.1 Å². The fourth-order valence-corrected chi connectivity index (χ4v) is 3.92. The SMILES string of the molecule is Cc1ccc(CN2CCC(N(C)c3ccc4cnccc4c3)CC2)cc1. The Hall–Kier alpha value is -2.39. The molecule has 0 amide bonds. The summed E-state index contributed by atoms with van der Waals surface area (Å²) in [5.41, 5.74) is 4.06. The first-order chi connectivity index (χ1) is 12.7. The van der Waals surface area contributed by atoms with Gasteiger partial charge in [0.25, 0.3) is 0 Å². The van der Waals surface area contributed by atoms with Gasteiger partial charge in [-0.1, -0.05) is 35.9 Å². The first-order valence-electron chi connectivity index (χ1n) is 9.53. The molecule has 3 aromatic rings. The molecule has 4 rings (SSSR count). The lowest BCUT2D eigenvalue weighted by Crippen LogP contribution is -2.43. The molecular weight excluding hydrogens is 318 g/mol. The molecule has 0 radical (unpaired) electrons. The lowest BCUT2D eigenvalue weighted by molar-refractivity contribution is 0.203. The number of aromatic nitrogens is 1. The summed E-state index contributed by atoms with van der Waals surface area (Å²) in [7, 11) is 2.24. The summed E-state index contributed by atoms with van der Waals surface area (Å²) >= 11 is 0.